The van der Waals surface area contributed by atoms with Crippen LogP contribution >= 0.6 is 11.6 Å². The first kappa shape index (κ1) is 19.8. The van der Waals surface area contributed by atoms with Crippen LogP contribution in [0, 0.1) is 0 Å². The number of alkyl halides is 6. The van der Waals surface area contributed by atoms with Gasteiger partial charge >= 0.3 is 12.4 Å². The van der Waals surface area contributed by atoms with Crippen molar-refractivity contribution >= 4 is 29.3 Å². The zero-order chi connectivity index (χ0) is 19.5. The maximum absolute atomic E-state index is 12.7. The second kappa shape index (κ2) is 7.41. The molecule has 26 heavy (non-hydrogen) atoms. The summed E-state index contributed by atoms with van der Waals surface area (Å²) in [6, 6.07) is 6.63. The number of anilines is 1. The number of amides is 1. The Morgan fingerprint density at radius 2 is 1.54 bits per heavy atom. The van der Waals surface area contributed by atoms with Crippen LogP contribution in [0.5, 0.6) is 0 Å². The van der Waals surface area contributed by atoms with E-state index in [1.165, 1.54) is 12.1 Å². The van der Waals surface area contributed by atoms with E-state index in [9.17, 15) is 31.1 Å². The topological polar surface area (TPSA) is 29.1 Å². The summed E-state index contributed by atoms with van der Waals surface area (Å²) in [6.45, 7) is 0. The van der Waals surface area contributed by atoms with Crippen LogP contribution in [0.4, 0.5) is 32.0 Å². The fourth-order valence-corrected chi connectivity index (χ4v) is 2.13. The van der Waals surface area contributed by atoms with E-state index in [0.717, 1.165) is 36.4 Å². The van der Waals surface area contributed by atoms with Gasteiger partial charge < -0.3 is 5.32 Å². The van der Waals surface area contributed by atoms with E-state index in [2.05, 4.69) is 5.32 Å². The van der Waals surface area contributed by atoms with Crippen molar-refractivity contribution in [3.8, 4) is 0 Å². The summed E-state index contributed by atoms with van der Waals surface area (Å²) < 4.78 is 75.9. The molecule has 0 heterocycles. The van der Waals surface area contributed by atoms with Gasteiger partial charge in [0.2, 0.25) is 5.91 Å². The van der Waals surface area contributed by atoms with Gasteiger partial charge in [-0.05, 0) is 42.0 Å². The van der Waals surface area contributed by atoms with E-state index >= 15 is 0 Å². The maximum atomic E-state index is 12.7. The summed E-state index contributed by atoms with van der Waals surface area (Å²) in [5, 5.41) is 2.05. The molecular formula is C17H10ClF6NO. The molecule has 0 aromatic heterocycles. The van der Waals surface area contributed by atoms with Gasteiger partial charge in [0.25, 0.3) is 0 Å². The Bertz CT molecular complexity index is 842. The summed E-state index contributed by atoms with van der Waals surface area (Å²) >= 11 is 5.75. The van der Waals surface area contributed by atoms with Crippen molar-refractivity contribution in [2.45, 2.75) is 12.4 Å². The number of halogens is 7. The van der Waals surface area contributed by atoms with Crippen LogP contribution in [0.25, 0.3) is 6.08 Å². The molecule has 1 amide bonds. The summed E-state index contributed by atoms with van der Waals surface area (Å²) in [5.41, 5.74) is -2.05. The van der Waals surface area contributed by atoms with E-state index in [0.29, 0.717) is 6.07 Å². The van der Waals surface area contributed by atoms with Gasteiger partial charge in [0.05, 0.1) is 21.8 Å². The van der Waals surface area contributed by atoms with Crippen molar-refractivity contribution in [3.05, 3.63) is 70.3 Å². The second-order valence-electron chi connectivity index (χ2n) is 5.14. The first-order valence-corrected chi connectivity index (χ1v) is 7.38. The zero-order valence-electron chi connectivity index (χ0n) is 12.8. The van der Waals surface area contributed by atoms with Gasteiger partial charge in [-0.1, -0.05) is 23.7 Å². The lowest BCUT2D eigenvalue weighted by molar-refractivity contribution is -0.138. The molecule has 1 N–H and O–H groups in total. The van der Waals surface area contributed by atoms with Crippen molar-refractivity contribution in [2.75, 3.05) is 5.32 Å². The average Bonchev–Trinajstić information content (AvgIpc) is 2.53. The first-order valence-electron chi connectivity index (χ1n) is 7.00. The molecule has 0 saturated carbocycles. The minimum atomic E-state index is -4.61. The van der Waals surface area contributed by atoms with Gasteiger partial charge in [0.15, 0.2) is 0 Å². The maximum Gasteiger partial charge on any atom is 0.416 e. The molecule has 138 valence electrons. The van der Waals surface area contributed by atoms with Gasteiger partial charge in [-0.25, -0.2) is 0 Å². The van der Waals surface area contributed by atoms with Crippen LogP contribution < -0.4 is 5.32 Å². The van der Waals surface area contributed by atoms with Crippen LogP contribution in [0.15, 0.2) is 48.5 Å². The monoisotopic (exact) mass is 393 g/mol. The molecule has 0 aliphatic carbocycles. The van der Waals surface area contributed by atoms with E-state index in [4.69, 9.17) is 11.6 Å². The van der Waals surface area contributed by atoms with E-state index < -0.39 is 29.4 Å². The van der Waals surface area contributed by atoms with Crippen molar-refractivity contribution < 1.29 is 31.1 Å². The van der Waals surface area contributed by atoms with Crippen molar-refractivity contribution in [1.29, 1.82) is 0 Å². The molecule has 0 bridgehead atoms. The Balaban J connectivity index is 2.16. The minimum Gasteiger partial charge on any atom is -0.321 e. The fourth-order valence-electron chi connectivity index (χ4n) is 1.96. The Labute approximate surface area is 149 Å². The van der Waals surface area contributed by atoms with Gasteiger partial charge in [-0.15, -0.1) is 0 Å². The molecule has 0 saturated heterocycles. The standard InChI is InChI=1S/C17H10ClF6NO/c18-13-6-5-12(17(22,23)24)9-14(13)25-15(26)7-4-10-2-1-3-11(8-10)16(19,20)21/h1-9H,(H,25,26)/b7-4+. The molecule has 0 aliphatic heterocycles. The smallest absolute Gasteiger partial charge is 0.321 e. The van der Waals surface area contributed by atoms with Gasteiger partial charge in [-0.3, -0.25) is 4.79 Å². The van der Waals surface area contributed by atoms with E-state index in [-0.39, 0.29) is 16.3 Å². The van der Waals surface area contributed by atoms with Crippen LogP contribution in [0.1, 0.15) is 16.7 Å². The number of carbonyl (C=O) groups is 1. The number of carbonyl (C=O) groups excluding carboxylic acids is 1. The first-order chi connectivity index (χ1) is 12.0. The molecule has 9 heteroatoms. The molecule has 2 rings (SSSR count). The predicted octanol–water partition coefficient (Wildman–Crippen LogP) is 6.03. The number of hydrogen-bond donors (Lipinski definition) is 1. The van der Waals surface area contributed by atoms with Crippen LogP contribution in [-0.4, -0.2) is 5.91 Å². The third-order valence-corrected chi connectivity index (χ3v) is 3.52. The predicted molar refractivity (Wildman–Crippen MR) is 85.6 cm³/mol. The summed E-state index contributed by atoms with van der Waals surface area (Å²) in [7, 11) is 0. The number of hydrogen-bond acceptors (Lipinski definition) is 1. The highest BCUT2D eigenvalue weighted by atomic mass is 35.5. The van der Waals surface area contributed by atoms with Crippen LogP contribution in [0.2, 0.25) is 5.02 Å². The second-order valence-corrected chi connectivity index (χ2v) is 5.55. The third kappa shape index (κ3) is 5.26. The lowest BCUT2D eigenvalue weighted by atomic mass is 10.1. The van der Waals surface area contributed by atoms with Gasteiger partial charge in [0, 0.05) is 6.08 Å². The van der Waals surface area contributed by atoms with Crippen molar-refractivity contribution in [3.63, 3.8) is 0 Å². The fraction of sp³-hybridized carbons (Fsp3) is 0.118. The zero-order valence-corrected chi connectivity index (χ0v) is 13.5. The van der Waals surface area contributed by atoms with Crippen LogP contribution in [-0.2, 0) is 17.1 Å². The Kier molecular flexibility index (Phi) is 5.65. The highest BCUT2D eigenvalue weighted by molar-refractivity contribution is 6.33. The molecule has 0 unspecified atom stereocenters. The van der Waals surface area contributed by atoms with E-state index in [1.807, 2.05) is 0 Å². The molecule has 0 spiro atoms. The van der Waals surface area contributed by atoms with Gasteiger partial charge in [0.1, 0.15) is 0 Å². The number of benzene rings is 2. The van der Waals surface area contributed by atoms with Crippen molar-refractivity contribution in [2.24, 2.45) is 0 Å². The Morgan fingerprint density at radius 3 is 2.15 bits per heavy atom. The summed E-state index contributed by atoms with van der Waals surface area (Å²) in [5.74, 6) is -0.844. The third-order valence-electron chi connectivity index (χ3n) is 3.19. The average molecular weight is 394 g/mol. The molecule has 0 fully saturated rings. The normalized spacial score (nSPS) is 12.4. The quantitative estimate of drug-likeness (QED) is 0.500. The molecule has 2 nitrogen and oxygen atoms in total. The summed E-state index contributed by atoms with van der Waals surface area (Å²) in [4.78, 5) is 11.8. The highest BCUT2D eigenvalue weighted by Gasteiger charge is 2.31. The molecule has 0 radical (unpaired) electrons. The van der Waals surface area contributed by atoms with E-state index in [1.54, 1.807) is 0 Å². The lowest BCUT2D eigenvalue weighted by Gasteiger charge is -2.10. The highest BCUT2D eigenvalue weighted by Crippen LogP contribution is 2.34. The molecule has 0 aliphatic rings. The largest absolute Gasteiger partial charge is 0.416 e. The van der Waals surface area contributed by atoms with Gasteiger partial charge in [-0.2, -0.15) is 26.3 Å². The summed E-state index contributed by atoms with van der Waals surface area (Å²) in [6.07, 6.45) is -7.15. The molecule has 2 aromatic rings. The SMILES string of the molecule is O=C(/C=C/c1cccc(C(F)(F)F)c1)Nc1cc(C(F)(F)F)ccc1Cl. The Hall–Kier alpha value is -2.48. The Morgan fingerprint density at radius 1 is 0.923 bits per heavy atom. The van der Waals surface area contributed by atoms with Crippen molar-refractivity contribution in [1.82, 2.24) is 0 Å². The lowest BCUT2D eigenvalue weighted by Crippen LogP contribution is -2.11. The number of rotatable bonds is 3. The molecular weight excluding hydrogens is 384 g/mol. The number of nitrogens with one attached hydrogen (secondary N) is 1. The molecule has 0 atom stereocenters. The van der Waals surface area contributed by atoms with Crippen LogP contribution in [0.3, 0.4) is 0 Å². The minimum absolute atomic E-state index is 0.102. The molecule has 2 aromatic carbocycles.